The minimum Gasteiger partial charge on any atom is -0.356 e. The first-order valence-corrected chi connectivity index (χ1v) is 8.64. The number of nitrogens with one attached hydrogen (secondary N) is 2. The minimum absolute atomic E-state index is 0.0133. The number of hydrogen-bond acceptors (Lipinski definition) is 2. The Hall–Kier alpha value is -2.88. The summed E-state index contributed by atoms with van der Waals surface area (Å²) in [5.41, 5.74) is 2.63. The SMILES string of the molecule is O=C(CCc1cc2ccccc2[nH]c1=O)NCCCc1ccccc1. The number of pyridine rings is 1. The topological polar surface area (TPSA) is 62.0 Å². The fraction of sp³-hybridized carbons (Fsp3) is 0.238. The molecule has 0 spiro atoms. The van der Waals surface area contributed by atoms with Crippen LogP contribution in [0.15, 0.2) is 65.5 Å². The number of benzene rings is 2. The molecule has 3 aromatic rings. The molecule has 128 valence electrons. The van der Waals surface area contributed by atoms with Crippen LogP contribution in [0.25, 0.3) is 10.9 Å². The Kier molecular flexibility index (Phi) is 5.62. The molecule has 0 aliphatic carbocycles. The van der Waals surface area contributed by atoms with Crippen LogP contribution in [0.5, 0.6) is 0 Å². The summed E-state index contributed by atoms with van der Waals surface area (Å²) < 4.78 is 0. The number of para-hydroxylation sites is 1. The molecule has 0 saturated heterocycles. The van der Waals surface area contributed by atoms with Gasteiger partial charge in [-0.05, 0) is 42.3 Å². The molecular formula is C21H22N2O2. The first-order chi connectivity index (χ1) is 12.2. The van der Waals surface area contributed by atoms with E-state index in [0.29, 0.717) is 24.9 Å². The van der Waals surface area contributed by atoms with Gasteiger partial charge in [0.2, 0.25) is 5.91 Å². The summed E-state index contributed by atoms with van der Waals surface area (Å²) in [6.45, 7) is 0.655. The number of aromatic nitrogens is 1. The highest BCUT2D eigenvalue weighted by Gasteiger charge is 2.06. The van der Waals surface area contributed by atoms with Crippen molar-refractivity contribution in [2.24, 2.45) is 0 Å². The summed E-state index contributed by atoms with van der Waals surface area (Å²) in [5.74, 6) is -0.0133. The maximum absolute atomic E-state index is 12.1. The Balaban J connectivity index is 1.46. The van der Waals surface area contributed by atoms with E-state index in [1.807, 2.05) is 48.5 Å². The lowest BCUT2D eigenvalue weighted by Crippen LogP contribution is -2.26. The molecule has 1 heterocycles. The molecule has 0 radical (unpaired) electrons. The number of carbonyl (C=O) groups is 1. The van der Waals surface area contributed by atoms with Gasteiger partial charge in [0, 0.05) is 24.0 Å². The van der Waals surface area contributed by atoms with E-state index in [1.54, 1.807) is 0 Å². The summed E-state index contributed by atoms with van der Waals surface area (Å²) in [7, 11) is 0. The Bertz CT molecular complexity index is 900. The van der Waals surface area contributed by atoms with Gasteiger partial charge in [0.1, 0.15) is 0 Å². The second kappa shape index (κ2) is 8.29. The molecule has 0 aliphatic heterocycles. The van der Waals surface area contributed by atoms with E-state index in [-0.39, 0.29) is 11.5 Å². The largest absolute Gasteiger partial charge is 0.356 e. The van der Waals surface area contributed by atoms with Crippen molar-refractivity contribution in [2.45, 2.75) is 25.7 Å². The molecule has 2 N–H and O–H groups in total. The zero-order chi connectivity index (χ0) is 17.5. The smallest absolute Gasteiger partial charge is 0.251 e. The normalized spacial score (nSPS) is 10.7. The first-order valence-electron chi connectivity index (χ1n) is 8.64. The molecule has 4 nitrogen and oxygen atoms in total. The van der Waals surface area contributed by atoms with Gasteiger partial charge in [0.25, 0.3) is 5.56 Å². The van der Waals surface area contributed by atoms with Gasteiger partial charge in [-0.25, -0.2) is 0 Å². The average molecular weight is 334 g/mol. The number of H-pyrrole nitrogens is 1. The molecule has 4 heteroatoms. The molecule has 0 fully saturated rings. The molecule has 2 aromatic carbocycles. The van der Waals surface area contributed by atoms with Crippen molar-refractivity contribution in [1.82, 2.24) is 10.3 Å². The molecule has 0 aliphatic rings. The zero-order valence-corrected chi connectivity index (χ0v) is 14.1. The summed E-state index contributed by atoms with van der Waals surface area (Å²) in [6, 6.07) is 19.8. The van der Waals surface area contributed by atoms with E-state index in [4.69, 9.17) is 0 Å². The molecule has 25 heavy (non-hydrogen) atoms. The predicted octanol–water partition coefficient (Wildman–Crippen LogP) is 3.21. The number of amides is 1. The van der Waals surface area contributed by atoms with Crippen molar-refractivity contribution < 1.29 is 4.79 Å². The lowest BCUT2D eigenvalue weighted by molar-refractivity contribution is -0.121. The maximum Gasteiger partial charge on any atom is 0.251 e. The second-order valence-electron chi connectivity index (χ2n) is 6.15. The molecule has 1 aromatic heterocycles. The third-order valence-corrected chi connectivity index (χ3v) is 4.26. The van der Waals surface area contributed by atoms with Crippen LogP contribution in [-0.2, 0) is 17.6 Å². The highest BCUT2D eigenvalue weighted by Crippen LogP contribution is 2.11. The maximum atomic E-state index is 12.1. The monoisotopic (exact) mass is 334 g/mol. The van der Waals surface area contributed by atoms with Crippen LogP contribution in [0.3, 0.4) is 0 Å². The second-order valence-corrected chi connectivity index (χ2v) is 6.15. The first kappa shape index (κ1) is 17.0. The van der Waals surface area contributed by atoms with Gasteiger partial charge < -0.3 is 10.3 Å². The van der Waals surface area contributed by atoms with E-state index in [2.05, 4.69) is 22.4 Å². The van der Waals surface area contributed by atoms with Crippen LogP contribution < -0.4 is 10.9 Å². The fourth-order valence-corrected chi connectivity index (χ4v) is 2.88. The van der Waals surface area contributed by atoms with E-state index in [0.717, 1.165) is 23.7 Å². The number of carbonyl (C=O) groups excluding carboxylic acids is 1. The molecule has 0 saturated carbocycles. The fourth-order valence-electron chi connectivity index (χ4n) is 2.88. The van der Waals surface area contributed by atoms with E-state index >= 15 is 0 Å². The average Bonchev–Trinajstić information content (AvgIpc) is 2.64. The third kappa shape index (κ3) is 4.80. The molecule has 0 unspecified atom stereocenters. The number of aromatic amines is 1. The van der Waals surface area contributed by atoms with Crippen LogP contribution >= 0.6 is 0 Å². The number of hydrogen-bond donors (Lipinski definition) is 2. The third-order valence-electron chi connectivity index (χ3n) is 4.26. The van der Waals surface area contributed by atoms with E-state index in [1.165, 1.54) is 5.56 Å². The Morgan fingerprint density at radius 1 is 0.960 bits per heavy atom. The van der Waals surface area contributed by atoms with Crippen LogP contribution in [0.1, 0.15) is 24.0 Å². The van der Waals surface area contributed by atoms with E-state index in [9.17, 15) is 9.59 Å². The Morgan fingerprint density at radius 3 is 2.56 bits per heavy atom. The van der Waals surface area contributed by atoms with Crippen molar-refractivity contribution in [3.63, 3.8) is 0 Å². The van der Waals surface area contributed by atoms with Gasteiger partial charge in [-0.2, -0.15) is 0 Å². The minimum atomic E-state index is -0.115. The van der Waals surface area contributed by atoms with Gasteiger partial charge in [0.05, 0.1) is 0 Å². The molecule has 0 atom stereocenters. The molecule has 1 amide bonds. The van der Waals surface area contributed by atoms with Crippen molar-refractivity contribution in [1.29, 1.82) is 0 Å². The molecular weight excluding hydrogens is 312 g/mol. The van der Waals surface area contributed by atoms with Crippen molar-refractivity contribution in [3.05, 3.63) is 82.1 Å². The van der Waals surface area contributed by atoms with Crippen molar-refractivity contribution in [3.8, 4) is 0 Å². The van der Waals surface area contributed by atoms with Gasteiger partial charge in [-0.3, -0.25) is 9.59 Å². The summed E-state index contributed by atoms with van der Waals surface area (Å²) >= 11 is 0. The van der Waals surface area contributed by atoms with Crippen LogP contribution in [0.4, 0.5) is 0 Å². The Morgan fingerprint density at radius 2 is 1.72 bits per heavy atom. The van der Waals surface area contributed by atoms with Crippen LogP contribution in [0, 0.1) is 0 Å². The number of aryl methyl sites for hydroxylation is 2. The predicted molar refractivity (Wildman–Crippen MR) is 101 cm³/mol. The number of rotatable bonds is 7. The highest BCUT2D eigenvalue weighted by molar-refractivity contribution is 5.79. The highest BCUT2D eigenvalue weighted by atomic mass is 16.1. The van der Waals surface area contributed by atoms with Gasteiger partial charge >= 0.3 is 0 Å². The van der Waals surface area contributed by atoms with Crippen LogP contribution in [0.2, 0.25) is 0 Å². The van der Waals surface area contributed by atoms with E-state index < -0.39 is 0 Å². The Labute approximate surface area is 146 Å². The summed E-state index contributed by atoms with van der Waals surface area (Å²) in [4.78, 5) is 26.9. The summed E-state index contributed by atoms with van der Waals surface area (Å²) in [5, 5.41) is 3.92. The van der Waals surface area contributed by atoms with Gasteiger partial charge in [-0.1, -0.05) is 48.5 Å². The standard InChI is InChI=1S/C21H22N2O2/c24-20(22-14-6-9-16-7-2-1-3-8-16)13-12-18-15-17-10-4-5-11-19(17)23-21(18)25/h1-5,7-8,10-11,15H,6,9,12-14H2,(H,22,24)(H,23,25). The zero-order valence-electron chi connectivity index (χ0n) is 14.1. The van der Waals surface area contributed by atoms with Gasteiger partial charge in [0.15, 0.2) is 0 Å². The van der Waals surface area contributed by atoms with Crippen molar-refractivity contribution >= 4 is 16.8 Å². The lowest BCUT2D eigenvalue weighted by atomic mass is 10.1. The number of fused-ring (bicyclic) bond motifs is 1. The summed E-state index contributed by atoms with van der Waals surface area (Å²) in [6.07, 6.45) is 2.63. The molecule has 3 rings (SSSR count). The quantitative estimate of drug-likeness (QED) is 0.652. The molecule has 0 bridgehead atoms. The van der Waals surface area contributed by atoms with Crippen LogP contribution in [-0.4, -0.2) is 17.4 Å². The van der Waals surface area contributed by atoms with Crippen molar-refractivity contribution in [2.75, 3.05) is 6.54 Å². The lowest BCUT2D eigenvalue weighted by Gasteiger charge is -2.06. The van der Waals surface area contributed by atoms with Gasteiger partial charge in [-0.15, -0.1) is 0 Å².